The summed E-state index contributed by atoms with van der Waals surface area (Å²) in [5.41, 5.74) is 1.27. The van der Waals surface area contributed by atoms with Crippen molar-refractivity contribution in [3.05, 3.63) is 52.3 Å². The number of alkyl halides is 3. The number of aromatic nitrogens is 2. The molecule has 0 aliphatic carbocycles. The number of fused-ring (bicyclic) bond motifs is 1. The van der Waals surface area contributed by atoms with Crippen molar-refractivity contribution in [2.45, 2.75) is 13.1 Å². The van der Waals surface area contributed by atoms with Crippen LogP contribution in [0.3, 0.4) is 0 Å². The van der Waals surface area contributed by atoms with E-state index in [4.69, 9.17) is 17.0 Å². The molecule has 148 valence electrons. The molecule has 0 saturated carbocycles. The van der Waals surface area contributed by atoms with E-state index in [9.17, 15) is 18.0 Å². The van der Waals surface area contributed by atoms with Crippen LogP contribution in [0, 0.1) is 12.3 Å². The number of benzene rings is 1. The molecule has 7 nitrogen and oxygen atoms in total. The monoisotopic (exact) mass is 438 g/mol. The smallest absolute Gasteiger partial charge is 0.282 e. The molecule has 0 unspecified atom stereocenters. The largest absolute Gasteiger partial charge is 0.441 e. The molecule has 29 heavy (non-hydrogen) atoms. The molecule has 0 bridgehead atoms. The lowest BCUT2D eigenvalue weighted by Crippen LogP contribution is -2.35. The number of nitrogens with zero attached hydrogens (tertiary/aromatic N) is 5. The summed E-state index contributed by atoms with van der Waals surface area (Å²) in [5, 5.41) is 15.2. The van der Waals surface area contributed by atoms with Gasteiger partial charge in [0.15, 0.2) is 5.84 Å². The molecule has 1 aromatic carbocycles. The number of hydrogen-bond acceptors (Lipinski definition) is 5. The molecular weight excluding hydrogens is 429 g/mol. The van der Waals surface area contributed by atoms with Gasteiger partial charge in [0.25, 0.3) is 5.91 Å². The van der Waals surface area contributed by atoms with Crippen molar-refractivity contribution < 1.29 is 18.0 Å². The van der Waals surface area contributed by atoms with Crippen LogP contribution >= 0.6 is 23.4 Å². The number of carbonyl (C=O) groups is 1. The highest BCUT2D eigenvalue weighted by Crippen LogP contribution is 2.36. The maximum atomic E-state index is 12.9. The van der Waals surface area contributed by atoms with E-state index in [1.165, 1.54) is 10.8 Å². The first-order valence-electron chi connectivity index (χ1n) is 8.05. The zero-order valence-corrected chi connectivity index (χ0v) is 16.1. The summed E-state index contributed by atoms with van der Waals surface area (Å²) in [5.74, 6) is -1.37. The standard InChI is InChI=1S/C17H10ClF3N6OS/c1-8-10(12(18)26(24-8)9-5-3-2-4-6-9)7-11-13(22)27-16(23-14(11)28)29-15(25-27)17(19,20)21/h2-7,22H,1H3/b11-7-,22-13?. The molecule has 1 aromatic heterocycles. The minimum atomic E-state index is -4.70. The minimum Gasteiger partial charge on any atom is -0.282 e. The highest BCUT2D eigenvalue weighted by molar-refractivity contribution is 8.27. The number of halogens is 4. The van der Waals surface area contributed by atoms with Gasteiger partial charge in [-0.15, -0.1) is 0 Å². The number of hydrogen-bond donors (Lipinski definition) is 1. The number of aryl methyl sites for hydroxylation is 1. The Bertz CT molecular complexity index is 1140. The number of amides is 1. The van der Waals surface area contributed by atoms with Gasteiger partial charge < -0.3 is 0 Å². The lowest BCUT2D eigenvalue weighted by Gasteiger charge is -2.20. The molecule has 4 rings (SSSR count). The molecular formula is C17H10ClF3N6OS. The van der Waals surface area contributed by atoms with Gasteiger partial charge in [-0.3, -0.25) is 10.2 Å². The molecule has 0 fully saturated rings. The quantitative estimate of drug-likeness (QED) is 0.717. The summed E-state index contributed by atoms with van der Waals surface area (Å²) < 4.78 is 40.2. The van der Waals surface area contributed by atoms with Gasteiger partial charge in [0.1, 0.15) is 5.15 Å². The SMILES string of the molecule is Cc1nn(-c2ccccc2)c(Cl)c1/C=C1/C(=N)N2N=C(C(F)(F)F)SC2=NC1=O. The Morgan fingerprint density at radius 1 is 1.24 bits per heavy atom. The van der Waals surface area contributed by atoms with E-state index < -0.39 is 23.0 Å². The average Bonchev–Trinajstić information content (AvgIpc) is 3.21. The van der Waals surface area contributed by atoms with Gasteiger partial charge in [-0.25, -0.2) is 4.68 Å². The van der Waals surface area contributed by atoms with Crippen LogP contribution in [0.4, 0.5) is 13.2 Å². The summed E-state index contributed by atoms with van der Waals surface area (Å²) in [6, 6.07) is 9.01. The first kappa shape index (κ1) is 19.4. The van der Waals surface area contributed by atoms with E-state index >= 15 is 0 Å². The second-order valence-corrected chi connectivity index (χ2v) is 7.27. The Hall–Kier alpha value is -2.92. The predicted molar refractivity (Wildman–Crippen MR) is 104 cm³/mol. The highest BCUT2D eigenvalue weighted by atomic mass is 35.5. The fraction of sp³-hybridized carbons (Fsp3) is 0.118. The van der Waals surface area contributed by atoms with Gasteiger partial charge in [-0.05, 0) is 36.9 Å². The number of carbonyl (C=O) groups excluding carboxylic acids is 1. The molecule has 2 aromatic rings. The van der Waals surface area contributed by atoms with E-state index in [2.05, 4.69) is 15.2 Å². The summed E-state index contributed by atoms with van der Waals surface area (Å²) in [6.07, 6.45) is -3.41. The zero-order valence-electron chi connectivity index (χ0n) is 14.5. The lowest BCUT2D eigenvalue weighted by atomic mass is 10.1. The average molecular weight is 439 g/mol. The number of aliphatic imine (C=N–C) groups is 1. The molecule has 0 radical (unpaired) electrons. The van der Waals surface area contributed by atoms with E-state index in [0.717, 1.165) is 0 Å². The molecule has 2 aliphatic heterocycles. The topological polar surface area (TPSA) is 86.7 Å². The van der Waals surface area contributed by atoms with Crippen LogP contribution in [-0.2, 0) is 4.79 Å². The van der Waals surface area contributed by atoms with E-state index in [1.54, 1.807) is 31.2 Å². The summed E-state index contributed by atoms with van der Waals surface area (Å²) in [6.45, 7) is 1.66. The lowest BCUT2D eigenvalue weighted by molar-refractivity contribution is -0.114. The van der Waals surface area contributed by atoms with Crippen molar-refractivity contribution >= 4 is 51.4 Å². The Morgan fingerprint density at radius 3 is 2.59 bits per heavy atom. The summed E-state index contributed by atoms with van der Waals surface area (Å²) in [4.78, 5) is 16.0. The van der Waals surface area contributed by atoms with Crippen LogP contribution in [0.25, 0.3) is 11.8 Å². The van der Waals surface area contributed by atoms with Crippen molar-refractivity contribution in [3.8, 4) is 5.69 Å². The number of rotatable bonds is 2. The van der Waals surface area contributed by atoms with Crippen molar-refractivity contribution in [1.82, 2.24) is 14.8 Å². The first-order valence-corrected chi connectivity index (χ1v) is 9.24. The highest BCUT2D eigenvalue weighted by Gasteiger charge is 2.46. The Labute approximate surface area is 171 Å². The van der Waals surface area contributed by atoms with E-state index in [-0.39, 0.29) is 27.7 Å². The van der Waals surface area contributed by atoms with Crippen molar-refractivity contribution in [1.29, 1.82) is 5.41 Å². The summed E-state index contributed by atoms with van der Waals surface area (Å²) >= 11 is 6.61. The van der Waals surface area contributed by atoms with Gasteiger partial charge in [0.2, 0.25) is 10.2 Å². The minimum absolute atomic E-state index is 0.187. The van der Waals surface area contributed by atoms with Gasteiger partial charge in [-0.1, -0.05) is 29.8 Å². The molecule has 0 spiro atoms. The maximum absolute atomic E-state index is 12.9. The van der Waals surface area contributed by atoms with Crippen LogP contribution < -0.4 is 0 Å². The first-order chi connectivity index (χ1) is 13.7. The van der Waals surface area contributed by atoms with Crippen LogP contribution in [0.5, 0.6) is 0 Å². The fourth-order valence-corrected chi connectivity index (χ4v) is 3.75. The Morgan fingerprint density at radius 2 is 1.93 bits per heavy atom. The van der Waals surface area contributed by atoms with Crippen LogP contribution in [-0.4, -0.2) is 42.9 Å². The predicted octanol–water partition coefficient (Wildman–Crippen LogP) is 4.02. The van der Waals surface area contributed by atoms with E-state index in [0.29, 0.717) is 22.0 Å². The van der Waals surface area contributed by atoms with Gasteiger partial charge in [0, 0.05) is 5.56 Å². The molecule has 3 heterocycles. The van der Waals surface area contributed by atoms with E-state index in [1.807, 2.05) is 6.07 Å². The Kier molecular flexibility index (Phi) is 4.58. The van der Waals surface area contributed by atoms with Crippen molar-refractivity contribution in [3.63, 3.8) is 0 Å². The number of para-hydroxylation sites is 1. The Balaban J connectivity index is 1.75. The molecule has 2 aliphatic rings. The third-order valence-corrected chi connectivity index (χ3v) is 5.35. The third kappa shape index (κ3) is 3.36. The fourth-order valence-electron chi connectivity index (χ4n) is 2.67. The third-order valence-electron chi connectivity index (χ3n) is 4.03. The van der Waals surface area contributed by atoms with Crippen LogP contribution in [0.2, 0.25) is 5.15 Å². The number of hydrazone groups is 1. The normalized spacial score (nSPS) is 18.2. The molecule has 0 saturated heterocycles. The zero-order chi connectivity index (χ0) is 20.9. The molecule has 0 atom stereocenters. The van der Waals surface area contributed by atoms with Gasteiger partial charge in [-0.2, -0.15) is 33.4 Å². The second-order valence-electron chi connectivity index (χ2n) is 5.96. The van der Waals surface area contributed by atoms with Crippen LogP contribution in [0.1, 0.15) is 11.3 Å². The van der Waals surface area contributed by atoms with Crippen molar-refractivity contribution in [2.75, 3.05) is 0 Å². The molecule has 1 amide bonds. The van der Waals surface area contributed by atoms with Crippen LogP contribution in [0.15, 0.2) is 46.0 Å². The number of thioether (sulfide) groups is 1. The molecule has 1 N–H and O–H groups in total. The number of amidine groups is 2. The molecule has 12 heteroatoms. The van der Waals surface area contributed by atoms with Gasteiger partial charge >= 0.3 is 6.18 Å². The van der Waals surface area contributed by atoms with Gasteiger partial charge in [0.05, 0.1) is 17.0 Å². The second kappa shape index (κ2) is 6.85. The number of nitrogens with one attached hydrogen (secondary N) is 1. The summed E-state index contributed by atoms with van der Waals surface area (Å²) in [7, 11) is 0. The van der Waals surface area contributed by atoms with Crippen molar-refractivity contribution in [2.24, 2.45) is 10.1 Å². The maximum Gasteiger partial charge on any atom is 0.441 e.